The SMILES string of the molecule is CC1(C)c2cccc(-c3ccc(-c4c5ccccc5c(-c5cccc6c5ccc5cc7ccccc7cc56)c5ccccc45)cc3)c2-c2ccc3ccccc3c21. The van der Waals surface area contributed by atoms with Crippen molar-refractivity contribution < 1.29 is 0 Å². The molecule has 0 heterocycles. The van der Waals surface area contributed by atoms with Gasteiger partial charge in [0.25, 0.3) is 0 Å². The maximum absolute atomic E-state index is 2.39. The van der Waals surface area contributed by atoms with E-state index in [4.69, 9.17) is 0 Å². The Kier molecular flexibility index (Phi) is 6.78. The van der Waals surface area contributed by atoms with Gasteiger partial charge >= 0.3 is 0 Å². The van der Waals surface area contributed by atoms with E-state index in [1.165, 1.54) is 120 Å². The summed E-state index contributed by atoms with van der Waals surface area (Å²) in [4.78, 5) is 0. The molecule has 1 aliphatic rings. The summed E-state index contributed by atoms with van der Waals surface area (Å²) in [6.07, 6.45) is 0. The summed E-state index contributed by atoms with van der Waals surface area (Å²) in [5, 5.41) is 15.4. The predicted molar refractivity (Wildman–Crippen MR) is 245 cm³/mol. The second-order valence-corrected chi connectivity index (χ2v) is 16.4. The topological polar surface area (TPSA) is 0 Å². The van der Waals surface area contributed by atoms with Crippen LogP contribution in [0, 0.1) is 0 Å². The Morgan fingerprint density at radius 1 is 0.281 bits per heavy atom. The second-order valence-electron chi connectivity index (χ2n) is 16.4. The summed E-state index contributed by atoms with van der Waals surface area (Å²) < 4.78 is 0. The van der Waals surface area contributed by atoms with E-state index >= 15 is 0 Å². The third kappa shape index (κ3) is 4.62. The largest absolute Gasteiger partial charge is 0.0616 e. The summed E-state index contributed by atoms with van der Waals surface area (Å²) in [5.41, 5.74) is 13.1. The lowest BCUT2D eigenvalue weighted by Crippen LogP contribution is -2.15. The Balaban J connectivity index is 1.04. The third-order valence-corrected chi connectivity index (χ3v) is 13.0. The van der Waals surface area contributed by atoms with E-state index in [-0.39, 0.29) is 5.41 Å². The Hall–Kier alpha value is -7.02. The highest BCUT2D eigenvalue weighted by Crippen LogP contribution is 2.54. The van der Waals surface area contributed by atoms with Crippen LogP contribution in [0.5, 0.6) is 0 Å². The summed E-state index contributed by atoms with van der Waals surface area (Å²) in [6, 6.07) is 72.6. The van der Waals surface area contributed by atoms with Crippen molar-refractivity contribution in [2.75, 3.05) is 0 Å². The van der Waals surface area contributed by atoms with Gasteiger partial charge in [-0.2, -0.15) is 0 Å². The smallest absolute Gasteiger partial charge is 0.0165 e. The standard InChI is InChI=1S/C57H38/c1-57(2)52-24-12-21-41(55(52)50-32-29-35-13-5-6-16-42(35)56(50)57)36-25-27-37(28-26-36)53-46-17-7-9-19-48(46)54(49-20-10-8-18-47(49)53)45-23-11-22-43-44(45)31-30-40-33-38-14-3-4-15-39(38)34-51(40)43/h3-34H,1-2H3. The van der Waals surface area contributed by atoms with Gasteiger partial charge in [-0.15, -0.1) is 0 Å². The monoisotopic (exact) mass is 722 g/mol. The van der Waals surface area contributed by atoms with Gasteiger partial charge in [0.05, 0.1) is 0 Å². The van der Waals surface area contributed by atoms with Crippen molar-refractivity contribution in [2.45, 2.75) is 19.3 Å². The first kappa shape index (κ1) is 32.2. The Morgan fingerprint density at radius 2 is 0.825 bits per heavy atom. The van der Waals surface area contributed by atoms with Crippen LogP contribution in [0.2, 0.25) is 0 Å². The average molecular weight is 723 g/mol. The molecule has 0 N–H and O–H groups in total. The molecular weight excluding hydrogens is 685 g/mol. The lowest BCUT2D eigenvalue weighted by molar-refractivity contribution is 0.666. The minimum absolute atomic E-state index is 0.0907. The van der Waals surface area contributed by atoms with Gasteiger partial charge in [0, 0.05) is 5.41 Å². The fraction of sp³-hybridized carbons (Fsp3) is 0.0526. The van der Waals surface area contributed by atoms with Gasteiger partial charge in [0.1, 0.15) is 0 Å². The molecule has 12 rings (SSSR count). The fourth-order valence-corrected chi connectivity index (χ4v) is 10.4. The first-order chi connectivity index (χ1) is 28.0. The molecule has 0 spiro atoms. The molecule has 0 atom stereocenters. The van der Waals surface area contributed by atoms with Crippen LogP contribution in [-0.2, 0) is 5.41 Å². The van der Waals surface area contributed by atoms with Crippen LogP contribution in [0.25, 0.3) is 109 Å². The van der Waals surface area contributed by atoms with Crippen LogP contribution in [-0.4, -0.2) is 0 Å². The maximum atomic E-state index is 2.39. The summed E-state index contributed by atoms with van der Waals surface area (Å²) in [6.45, 7) is 4.78. The highest BCUT2D eigenvalue weighted by molar-refractivity contribution is 6.25. The lowest BCUT2D eigenvalue weighted by atomic mass is 9.80. The zero-order valence-corrected chi connectivity index (χ0v) is 32.0. The van der Waals surface area contributed by atoms with Crippen LogP contribution >= 0.6 is 0 Å². The number of hydrogen-bond donors (Lipinski definition) is 0. The van der Waals surface area contributed by atoms with Crippen molar-refractivity contribution in [3.05, 3.63) is 205 Å². The molecule has 266 valence electrons. The highest BCUT2D eigenvalue weighted by Gasteiger charge is 2.38. The van der Waals surface area contributed by atoms with E-state index in [9.17, 15) is 0 Å². The molecule has 0 heteroatoms. The molecule has 1 aliphatic carbocycles. The second kappa shape index (κ2) is 12.0. The van der Waals surface area contributed by atoms with Crippen molar-refractivity contribution >= 4 is 64.6 Å². The van der Waals surface area contributed by atoms with Gasteiger partial charge < -0.3 is 0 Å². The van der Waals surface area contributed by atoms with E-state index in [1.807, 2.05) is 0 Å². The Bertz CT molecular complexity index is 3410. The van der Waals surface area contributed by atoms with Crippen molar-refractivity contribution in [1.82, 2.24) is 0 Å². The zero-order valence-electron chi connectivity index (χ0n) is 32.0. The van der Waals surface area contributed by atoms with Gasteiger partial charge in [-0.1, -0.05) is 196 Å². The number of fused-ring (bicyclic) bond motifs is 11. The first-order valence-electron chi connectivity index (χ1n) is 20.1. The van der Waals surface area contributed by atoms with E-state index in [1.54, 1.807) is 0 Å². The van der Waals surface area contributed by atoms with Crippen LogP contribution in [0.3, 0.4) is 0 Å². The summed E-state index contributed by atoms with van der Waals surface area (Å²) in [5.74, 6) is 0. The number of hydrogen-bond acceptors (Lipinski definition) is 0. The van der Waals surface area contributed by atoms with E-state index < -0.39 is 0 Å². The number of rotatable bonds is 3. The van der Waals surface area contributed by atoms with Crippen molar-refractivity contribution in [1.29, 1.82) is 0 Å². The van der Waals surface area contributed by atoms with Crippen LogP contribution in [0.4, 0.5) is 0 Å². The molecule has 57 heavy (non-hydrogen) atoms. The fourth-order valence-electron chi connectivity index (χ4n) is 10.4. The molecule has 0 unspecified atom stereocenters. The molecule has 0 saturated heterocycles. The predicted octanol–water partition coefficient (Wildman–Crippen LogP) is 15.9. The summed E-state index contributed by atoms with van der Waals surface area (Å²) in [7, 11) is 0. The van der Waals surface area contributed by atoms with Crippen molar-refractivity contribution in [3.8, 4) is 44.5 Å². The minimum Gasteiger partial charge on any atom is -0.0616 e. The van der Waals surface area contributed by atoms with E-state index in [0.29, 0.717) is 0 Å². The molecule has 0 aliphatic heterocycles. The first-order valence-corrected chi connectivity index (χ1v) is 20.1. The maximum Gasteiger partial charge on any atom is 0.0165 e. The lowest BCUT2D eigenvalue weighted by Gasteiger charge is -2.23. The van der Waals surface area contributed by atoms with Crippen LogP contribution in [0.1, 0.15) is 25.0 Å². The minimum atomic E-state index is -0.0907. The zero-order chi connectivity index (χ0) is 37.8. The molecule has 0 amide bonds. The molecule has 11 aromatic carbocycles. The molecule has 0 fully saturated rings. The van der Waals surface area contributed by atoms with Gasteiger partial charge in [-0.3, -0.25) is 0 Å². The van der Waals surface area contributed by atoms with Gasteiger partial charge in [0.2, 0.25) is 0 Å². The van der Waals surface area contributed by atoms with E-state index in [2.05, 4.69) is 208 Å². The third-order valence-electron chi connectivity index (χ3n) is 13.0. The highest BCUT2D eigenvalue weighted by atomic mass is 14.4. The quantitative estimate of drug-likeness (QED) is 0.126. The molecule has 11 aromatic rings. The van der Waals surface area contributed by atoms with Crippen molar-refractivity contribution in [3.63, 3.8) is 0 Å². The van der Waals surface area contributed by atoms with Gasteiger partial charge in [0.15, 0.2) is 0 Å². The van der Waals surface area contributed by atoms with E-state index in [0.717, 1.165) is 0 Å². The van der Waals surface area contributed by atoms with Gasteiger partial charge in [-0.05, 0) is 132 Å². The summed E-state index contributed by atoms with van der Waals surface area (Å²) >= 11 is 0. The van der Waals surface area contributed by atoms with Crippen LogP contribution < -0.4 is 0 Å². The van der Waals surface area contributed by atoms with Gasteiger partial charge in [-0.25, -0.2) is 0 Å². The molecule has 0 saturated carbocycles. The number of benzene rings is 11. The molecular formula is C57H38. The normalized spacial score (nSPS) is 13.2. The molecule has 0 bridgehead atoms. The Labute approximate surface area is 332 Å². The average Bonchev–Trinajstić information content (AvgIpc) is 3.51. The molecule has 0 nitrogen and oxygen atoms in total. The van der Waals surface area contributed by atoms with Crippen LogP contribution in [0.15, 0.2) is 194 Å². The molecule has 0 aromatic heterocycles. The van der Waals surface area contributed by atoms with Crippen molar-refractivity contribution in [2.24, 2.45) is 0 Å². The Morgan fingerprint density at radius 3 is 1.54 bits per heavy atom. The molecule has 0 radical (unpaired) electrons.